The Morgan fingerprint density at radius 2 is 2.28 bits per heavy atom. The van der Waals surface area contributed by atoms with Crippen molar-refractivity contribution in [1.29, 1.82) is 0 Å². The maximum atomic E-state index is 12.0. The number of fused-ring (bicyclic) bond motifs is 1. The molecule has 1 aliphatic rings. The largest absolute Gasteiger partial charge is 0.393 e. The van der Waals surface area contributed by atoms with Crippen molar-refractivity contribution < 1.29 is 5.11 Å². The number of aliphatic hydroxyl groups excluding tert-OH is 1. The van der Waals surface area contributed by atoms with Crippen LogP contribution in [0.15, 0.2) is 11.1 Å². The summed E-state index contributed by atoms with van der Waals surface area (Å²) in [5.41, 5.74) is 6.47. The Bertz CT molecular complexity index is 632. The summed E-state index contributed by atoms with van der Waals surface area (Å²) in [6.45, 7) is 0. The lowest BCUT2D eigenvalue weighted by Crippen LogP contribution is -2.29. The highest BCUT2D eigenvalue weighted by Crippen LogP contribution is 2.29. The molecule has 2 unspecified atom stereocenters. The molecule has 7 heteroatoms. The van der Waals surface area contributed by atoms with E-state index in [1.165, 1.54) is 6.33 Å². The molecule has 1 saturated carbocycles. The number of nitrogens with one attached hydrogen (secondary N) is 1. The summed E-state index contributed by atoms with van der Waals surface area (Å²) < 4.78 is 1.59. The van der Waals surface area contributed by atoms with Crippen molar-refractivity contribution in [3.8, 4) is 0 Å². The Hall–Kier alpha value is -1.89. The molecule has 1 fully saturated rings. The van der Waals surface area contributed by atoms with Gasteiger partial charge in [0, 0.05) is 6.04 Å². The van der Waals surface area contributed by atoms with Crippen molar-refractivity contribution in [2.24, 2.45) is 0 Å². The highest BCUT2D eigenvalue weighted by atomic mass is 16.3. The lowest BCUT2D eigenvalue weighted by molar-refractivity contribution is 0.104. The summed E-state index contributed by atoms with van der Waals surface area (Å²) in [6.07, 6.45) is 4.15. The maximum Gasteiger partial charge on any atom is 0.328 e. The third-order valence-electron chi connectivity index (χ3n) is 3.52. The van der Waals surface area contributed by atoms with Gasteiger partial charge in [-0.25, -0.2) is 14.8 Å². The van der Waals surface area contributed by atoms with Gasteiger partial charge in [0.15, 0.2) is 11.5 Å². The molecular weight excluding hydrogens is 234 g/mol. The van der Waals surface area contributed by atoms with Gasteiger partial charge in [0.25, 0.3) is 0 Å². The van der Waals surface area contributed by atoms with Crippen LogP contribution in [0, 0.1) is 0 Å². The zero-order valence-corrected chi connectivity index (χ0v) is 9.83. The van der Waals surface area contributed by atoms with E-state index < -0.39 is 0 Å². The third-order valence-corrected chi connectivity index (χ3v) is 3.52. The van der Waals surface area contributed by atoms with Crippen LogP contribution in [-0.2, 0) is 0 Å². The van der Waals surface area contributed by atoms with Crippen molar-refractivity contribution >= 4 is 17.0 Å². The Balaban J connectivity index is 2.14. The minimum atomic E-state index is -0.347. The van der Waals surface area contributed by atoms with E-state index in [1.54, 1.807) is 4.57 Å². The van der Waals surface area contributed by atoms with Crippen LogP contribution in [0.4, 0.5) is 5.82 Å². The quantitative estimate of drug-likeness (QED) is 0.667. The summed E-state index contributed by atoms with van der Waals surface area (Å²) in [7, 11) is 0. The molecule has 0 saturated heterocycles. The van der Waals surface area contributed by atoms with Gasteiger partial charge < -0.3 is 15.8 Å². The molecule has 3 rings (SSSR count). The molecule has 0 bridgehead atoms. The van der Waals surface area contributed by atoms with E-state index in [9.17, 15) is 9.90 Å². The molecule has 2 heterocycles. The molecule has 2 aromatic rings. The first-order valence-corrected chi connectivity index (χ1v) is 6.05. The van der Waals surface area contributed by atoms with Crippen LogP contribution in [-0.4, -0.2) is 30.7 Å². The zero-order chi connectivity index (χ0) is 12.7. The fourth-order valence-corrected chi connectivity index (χ4v) is 2.67. The predicted molar refractivity (Wildman–Crippen MR) is 66.1 cm³/mol. The van der Waals surface area contributed by atoms with Gasteiger partial charge in [-0.15, -0.1) is 0 Å². The van der Waals surface area contributed by atoms with Crippen LogP contribution in [0.5, 0.6) is 0 Å². The van der Waals surface area contributed by atoms with Gasteiger partial charge in [-0.3, -0.25) is 4.57 Å². The van der Waals surface area contributed by atoms with E-state index in [4.69, 9.17) is 5.73 Å². The Morgan fingerprint density at radius 1 is 1.44 bits per heavy atom. The highest BCUT2D eigenvalue weighted by molar-refractivity contribution is 5.81. The molecule has 0 amide bonds. The van der Waals surface area contributed by atoms with Crippen LogP contribution >= 0.6 is 0 Å². The van der Waals surface area contributed by atoms with Gasteiger partial charge in [-0.1, -0.05) is 0 Å². The topological polar surface area (TPSA) is 110 Å². The number of aromatic amines is 1. The lowest BCUT2D eigenvalue weighted by Gasteiger charge is -2.26. The number of hydrogen-bond donors (Lipinski definition) is 3. The fourth-order valence-electron chi connectivity index (χ4n) is 2.67. The van der Waals surface area contributed by atoms with Crippen LogP contribution in [0.3, 0.4) is 0 Å². The first-order chi connectivity index (χ1) is 8.66. The van der Waals surface area contributed by atoms with E-state index in [2.05, 4.69) is 15.0 Å². The number of hydrogen-bond acceptors (Lipinski definition) is 5. The fraction of sp³-hybridized carbons (Fsp3) is 0.545. The van der Waals surface area contributed by atoms with Gasteiger partial charge in [0.1, 0.15) is 11.8 Å². The summed E-state index contributed by atoms with van der Waals surface area (Å²) in [6, 6.07) is -0.0238. The van der Waals surface area contributed by atoms with E-state index in [1.807, 2.05) is 0 Å². The first kappa shape index (κ1) is 11.2. The minimum Gasteiger partial charge on any atom is -0.393 e. The normalized spacial score (nSPS) is 24.5. The number of anilines is 1. The second-order valence-electron chi connectivity index (χ2n) is 4.73. The SMILES string of the molecule is Nc1ncnc2c1[nH]c(=O)n2C1CCCC(O)C1. The zero-order valence-electron chi connectivity index (χ0n) is 9.83. The molecular formula is C11H15N5O2. The van der Waals surface area contributed by atoms with Crippen molar-refractivity contribution in [2.75, 3.05) is 5.73 Å². The minimum absolute atomic E-state index is 0.0238. The molecule has 0 aromatic carbocycles. The molecule has 1 aliphatic carbocycles. The summed E-state index contributed by atoms with van der Waals surface area (Å²) in [5.74, 6) is 0.271. The number of aliphatic hydroxyl groups is 1. The highest BCUT2D eigenvalue weighted by Gasteiger charge is 2.25. The second-order valence-corrected chi connectivity index (χ2v) is 4.73. The second kappa shape index (κ2) is 4.09. The van der Waals surface area contributed by atoms with Crippen molar-refractivity contribution in [2.45, 2.75) is 37.8 Å². The van der Waals surface area contributed by atoms with Gasteiger partial charge in [0.05, 0.1) is 6.10 Å². The summed E-state index contributed by atoms with van der Waals surface area (Å²) in [4.78, 5) is 22.7. The van der Waals surface area contributed by atoms with Crippen LogP contribution in [0.1, 0.15) is 31.7 Å². The van der Waals surface area contributed by atoms with Crippen molar-refractivity contribution in [1.82, 2.24) is 19.5 Å². The van der Waals surface area contributed by atoms with Crippen molar-refractivity contribution in [3.05, 3.63) is 16.8 Å². The molecule has 0 spiro atoms. The average Bonchev–Trinajstić information content (AvgIpc) is 2.67. The number of H-pyrrole nitrogens is 1. The van der Waals surface area contributed by atoms with Gasteiger partial charge in [0.2, 0.25) is 0 Å². The van der Waals surface area contributed by atoms with E-state index in [0.29, 0.717) is 17.6 Å². The van der Waals surface area contributed by atoms with Crippen molar-refractivity contribution in [3.63, 3.8) is 0 Å². The van der Waals surface area contributed by atoms with Crippen LogP contribution in [0.2, 0.25) is 0 Å². The molecule has 2 atom stereocenters. The van der Waals surface area contributed by atoms with Gasteiger partial charge in [-0.2, -0.15) is 0 Å². The molecule has 0 aliphatic heterocycles. The van der Waals surface area contributed by atoms with E-state index in [0.717, 1.165) is 19.3 Å². The molecule has 96 valence electrons. The number of nitrogens with two attached hydrogens (primary N) is 1. The molecule has 4 N–H and O–H groups in total. The Kier molecular flexibility index (Phi) is 2.55. The van der Waals surface area contributed by atoms with Crippen LogP contribution in [0.25, 0.3) is 11.2 Å². The summed E-state index contributed by atoms with van der Waals surface area (Å²) in [5, 5.41) is 9.71. The lowest BCUT2D eigenvalue weighted by atomic mass is 9.93. The third kappa shape index (κ3) is 1.67. The first-order valence-electron chi connectivity index (χ1n) is 6.05. The molecule has 2 aromatic heterocycles. The number of imidazole rings is 1. The monoisotopic (exact) mass is 249 g/mol. The standard InChI is InChI=1S/C11H15N5O2/c12-9-8-10(14-5-13-9)16(11(18)15-8)6-2-1-3-7(17)4-6/h5-7,17H,1-4H2,(H,15,18)(H2,12,13,14). The Labute approximate surface area is 103 Å². The predicted octanol–water partition coefficient (Wildman–Crippen LogP) is 0.178. The van der Waals surface area contributed by atoms with Gasteiger partial charge >= 0.3 is 5.69 Å². The molecule has 18 heavy (non-hydrogen) atoms. The number of nitrogen functional groups attached to an aromatic ring is 1. The summed E-state index contributed by atoms with van der Waals surface area (Å²) >= 11 is 0. The smallest absolute Gasteiger partial charge is 0.328 e. The molecule has 7 nitrogen and oxygen atoms in total. The van der Waals surface area contributed by atoms with Crippen LogP contribution < -0.4 is 11.4 Å². The van der Waals surface area contributed by atoms with E-state index in [-0.39, 0.29) is 23.7 Å². The number of aromatic nitrogens is 4. The molecule has 0 radical (unpaired) electrons. The average molecular weight is 249 g/mol. The van der Waals surface area contributed by atoms with E-state index >= 15 is 0 Å². The number of rotatable bonds is 1. The van der Waals surface area contributed by atoms with Gasteiger partial charge in [-0.05, 0) is 25.7 Å². The maximum absolute atomic E-state index is 12.0. The Morgan fingerprint density at radius 3 is 3.06 bits per heavy atom. The number of nitrogens with zero attached hydrogens (tertiary/aromatic N) is 3.